The molecule has 2 unspecified atom stereocenters. The molecule has 1 aromatic rings. The van der Waals surface area contributed by atoms with E-state index in [1.807, 2.05) is 45.0 Å². The third-order valence-corrected chi connectivity index (χ3v) is 5.64. The standard InChI is InChI=1S/C20H28O2.C10H18O2/c1-2-3-5-10-20(14-12-17-11-13-19(21)15-17)22-16-18-8-6-4-7-9-18;1-4-5-6-7-8-10(11)12-9(2)3/h4,6-9,12,14,17,20H,2-3,5,10-11,13,15-16H2,1H3;4-5,9H,6-8H2,1-3H3/b14-12+;5-4-. The first-order valence-electron chi connectivity index (χ1n) is 13.1. The van der Waals surface area contributed by atoms with Crippen LogP contribution in [0.15, 0.2) is 54.6 Å². The van der Waals surface area contributed by atoms with Crippen molar-refractivity contribution in [2.45, 2.75) is 111 Å². The Kier molecular flexibility index (Phi) is 16.8. The third-order valence-electron chi connectivity index (χ3n) is 5.64. The number of carbonyl (C=O) groups excluding carboxylic acids is 2. The molecule has 1 aliphatic rings. The highest BCUT2D eigenvalue weighted by atomic mass is 16.5. The number of hydrogen-bond donors (Lipinski definition) is 0. The molecule has 1 aromatic carbocycles. The van der Waals surface area contributed by atoms with Crippen molar-refractivity contribution in [2.75, 3.05) is 0 Å². The van der Waals surface area contributed by atoms with Gasteiger partial charge in [0.1, 0.15) is 5.78 Å². The molecule has 1 aliphatic carbocycles. The Morgan fingerprint density at radius 2 is 1.91 bits per heavy atom. The lowest BCUT2D eigenvalue weighted by atomic mass is 10.0. The number of hydrogen-bond acceptors (Lipinski definition) is 4. The second-order valence-electron chi connectivity index (χ2n) is 9.26. The fourth-order valence-electron chi connectivity index (χ4n) is 3.75. The van der Waals surface area contributed by atoms with E-state index in [0.717, 1.165) is 38.5 Å². The van der Waals surface area contributed by atoms with Crippen molar-refractivity contribution in [1.82, 2.24) is 0 Å². The summed E-state index contributed by atoms with van der Waals surface area (Å²) in [6.45, 7) is 8.59. The lowest BCUT2D eigenvalue weighted by Gasteiger charge is -2.15. The van der Waals surface area contributed by atoms with Gasteiger partial charge in [-0.1, -0.05) is 80.8 Å². The summed E-state index contributed by atoms with van der Waals surface area (Å²) in [5.41, 5.74) is 1.22. The van der Waals surface area contributed by atoms with E-state index in [-0.39, 0.29) is 18.2 Å². The number of carbonyl (C=O) groups is 2. The van der Waals surface area contributed by atoms with Crippen molar-refractivity contribution in [2.24, 2.45) is 5.92 Å². The van der Waals surface area contributed by atoms with Crippen molar-refractivity contribution in [1.29, 1.82) is 0 Å². The van der Waals surface area contributed by atoms with Crippen molar-refractivity contribution in [3.8, 4) is 0 Å². The van der Waals surface area contributed by atoms with Crippen LogP contribution in [-0.4, -0.2) is 24.0 Å². The van der Waals surface area contributed by atoms with Crippen LogP contribution in [0.25, 0.3) is 0 Å². The van der Waals surface area contributed by atoms with Gasteiger partial charge >= 0.3 is 5.97 Å². The Balaban J connectivity index is 0.000000411. The van der Waals surface area contributed by atoms with Crippen molar-refractivity contribution >= 4 is 11.8 Å². The van der Waals surface area contributed by atoms with Crippen LogP contribution in [-0.2, 0) is 25.7 Å². The molecule has 0 N–H and O–H groups in total. The SMILES string of the molecule is C/C=C\CCCC(=O)OC(C)C.CCCCCC(/C=C/C1CCC(=O)C1)OCc1ccccc1. The fraction of sp³-hybridized carbons (Fsp3) is 0.600. The number of rotatable bonds is 14. The number of Topliss-reactive ketones (excluding diaryl/α,β-unsaturated/α-hetero) is 1. The largest absolute Gasteiger partial charge is 0.463 e. The monoisotopic (exact) mass is 470 g/mol. The zero-order chi connectivity index (χ0) is 25.0. The van der Waals surface area contributed by atoms with Gasteiger partial charge in [0.25, 0.3) is 0 Å². The molecule has 1 fully saturated rings. The molecule has 2 rings (SSSR count). The molecule has 4 nitrogen and oxygen atoms in total. The number of allylic oxidation sites excluding steroid dienone is 3. The van der Waals surface area contributed by atoms with Gasteiger partial charge in [-0.2, -0.15) is 0 Å². The summed E-state index contributed by atoms with van der Waals surface area (Å²) in [5, 5.41) is 0. The van der Waals surface area contributed by atoms with Gasteiger partial charge in [-0.25, -0.2) is 0 Å². The molecule has 2 atom stereocenters. The molecule has 0 amide bonds. The second kappa shape index (κ2) is 19.1. The first kappa shape index (κ1) is 29.8. The summed E-state index contributed by atoms with van der Waals surface area (Å²) in [5.74, 6) is 0.749. The zero-order valence-electron chi connectivity index (χ0n) is 21.8. The van der Waals surface area contributed by atoms with E-state index in [0.29, 0.717) is 24.7 Å². The molecule has 34 heavy (non-hydrogen) atoms. The summed E-state index contributed by atoms with van der Waals surface area (Å²) in [6.07, 6.45) is 18.2. The average Bonchev–Trinajstić information content (AvgIpc) is 3.24. The molecule has 0 spiro atoms. The molecule has 190 valence electrons. The van der Waals surface area contributed by atoms with Crippen LogP contribution in [0, 0.1) is 5.92 Å². The van der Waals surface area contributed by atoms with Crippen molar-refractivity contribution < 1.29 is 19.1 Å². The fourth-order valence-corrected chi connectivity index (χ4v) is 3.75. The molecule has 0 heterocycles. The summed E-state index contributed by atoms with van der Waals surface area (Å²) in [6, 6.07) is 10.3. The van der Waals surface area contributed by atoms with Crippen LogP contribution < -0.4 is 0 Å². The van der Waals surface area contributed by atoms with Crippen LogP contribution in [0.4, 0.5) is 0 Å². The number of esters is 1. The lowest BCUT2D eigenvalue weighted by Crippen LogP contribution is -2.10. The second-order valence-corrected chi connectivity index (χ2v) is 9.26. The highest BCUT2D eigenvalue weighted by molar-refractivity contribution is 5.80. The lowest BCUT2D eigenvalue weighted by molar-refractivity contribution is -0.147. The molecule has 0 radical (unpaired) electrons. The first-order valence-corrected chi connectivity index (χ1v) is 13.1. The Labute approximate surface area is 207 Å². The summed E-state index contributed by atoms with van der Waals surface area (Å²) in [4.78, 5) is 22.3. The third kappa shape index (κ3) is 15.6. The molecule has 0 aliphatic heterocycles. The van der Waals surface area contributed by atoms with E-state index in [1.165, 1.54) is 24.8 Å². The van der Waals surface area contributed by atoms with Gasteiger partial charge in [0, 0.05) is 19.3 Å². The van der Waals surface area contributed by atoms with Crippen LogP contribution in [0.5, 0.6) is 0 Å². The molecule has 0 bridgehead atoms. The molecule has 4 heteroatoms. The number of benzene rings is 1. The minimum absolute atomic E-state index is 0.0132. The molecule has 0 saturated heterocycles. The Morgan fingerprint density at radius 1 is 1.15 bits per heavy atom. The van der Waals surface area contributed by atoms with E-state index in [1.54, 1.807) is 0 Å². The van der Waals surface area contributed by atoms with E-state index >= 15 is 0 Å². The topological polar surface area (TPSA) is 52.6 Å². The minimum atomic E-state index is -0.0884. The minimum Gasteiger partial charge on any atom is -0.463 e. The quantitative estimate of drug-likeness (QED) is 0.158. The molecular weight excluding hydrogens is 424 g/mol. The summed E-state index contributed by atoms with van der Waals surface area (Å²) in [7, 11) is 0. The van der Waals surface area contributed by atoms with Gasteiger partial charge in [0.05, 0.1) is 18.8 Å². The van der Waals surface area contributed by atoms with E-state index in [9.17, 15) is 9.59 Å². The predicted molar refractivity (Wildman–Crippen MR) is 141 cm³/mol. The average molecular weight is 471 g/mol. The van der Waals surface area contributed by atoms with Crippen molar-refractivity contribution in [3.63, 3.8) is 0 Å². The Bertz CT molecular complexity index is 721. The van der Waals surface area contributed by atoms with Crippen molar-refractivity contribution in [3.05, 3.63) is 60.2 Å². The van der Waals surface area contributed by atoms with Gasteiger partial charge in [0.2, 0.25) is 0 Å². The maximum absolute atomic E-state index is 11.4. The zero-order valence-corrected chi connectivity index (χ0v) is 21.8. The maximum Gasteiger partial charge on any atom is 0.306 e. The van der Waals surface area contributed by atoms with Gasteiger partial charge in [-0.15, -0.1) is 0 Å². The number of ketones is 1. The first-order chi connectivity index (χ1) is 16.4. The van der Waals surface area contributed by atoms with Crippen LogP contribution >= 0.6 is 0 Å². The molecule has 0 aromatic heterocycles. The van der Waals surface area contributed by atoms with Crippen LogP contribution in [0.1, 0.15) is 97.5 Å². The van der Waals surface area contributed by atoms with E-state index in [2.05, 4.69) is 37.3 Å². The maximum atomic E-state index is 11.4. The number of unbranched alkanes of at least 4 members (excludes halogenated alkanes) is 3. The summed E-state index contributed by atoms with van der Waals surface area (Å²) >= 11 is 0. The van der Waals surface area contributed by atoms with Gasteiger partial charge in [-0.3, -0.25) is 9.59 Å². The molecular formula is C30H46O4. The van der Waals surface area contributed by atoms with Gasteiger partial charge in [-0.05, 0) is 57.9 Å². The van der Waals surface area contributed by atoms with E-state index in [4.69, 9.17) is 9.47 Å². The van der Waals surface area contributed by atoms with Gasteiger partial charge < -0.3 is 9.47 Å². The van der Waals surface area contributed by atoms with E-state index < -0.39 is 0 Å². The summed E-state index contributed by atoms with van der Waals surface area (Å²) < 4.78 is 11.1. The number of ether oxygens (including phenoxy) is 2. The molecule has 1 saturated carbocycles. The Morgan fingerprint density at radius 3 is 2.53 bits per heavy atom. The van der Waals surface area contributed by atoms with Crippen LogP contribution in [0.2, 0.25) is 0 Å². The van der Waals surface area contributed by atoms with Crippen LogP contribution in [0.3, 0.4) is 0 Å². The predicted octanol–water partition coefficient (Wildman–Crippen LogP) is 7.76. The Hall–Kier alpha value is -2.20. The highest BCUT2D eigenvalue weighted by Crippen LogP contribution is 2.24. The smallest absolute Gasteiger partial charge is 0.306 e. The van der Waals surface area contributed by atoms with Gasteiger partial charge in [0.15, 0.2) is 0 Å². The highest BCUT2D eigenvalue weighted by Gasteiger charge is 2.19. The normalized spacial score (nSPS) is 16.7.